The zero-order valence-corrected chi connectivity index (χ0v) is 46.5. The molecule has 2 aromatic rings. The first-order valence-corrected chi connectivity index (χ1v) is 30.4. The number of halogens is 5. The Morgan fingerprint density at radius 3 is 1.38 bits per heavy atom. The van der Waals surface area contributed by atoms with Crippen molar-refractivity contribution in [3.8, 4) is 0 Å². The fourth-order valence-electron chi connectivity index (χ4n) is 11.0. The minimum absolute atomic E-state index is 0. The maximum atomic E-state index is 13.1. The van der Waals surface area contributed by atoms with E-state index in [4.69, 9.17) is 25.4 Å². The number of methoxy groups -OCH3 is 2. The Morgan fingerprint density at radius 1 is 0.642 bits per heavy atom. The molecule has 0 aromatic heterocycles. The second-order valence-corrected chi connectivity index (χ2v) is 25.8. The molecule has 16 nitrogen and oxygen atoms in total. The molecule has 2 saturated carbocycles. The summed E-state index contributed by atoms with van der Waals surface area (Å²) in [6.07, 6.45) is 9.38. The lowest BCUT2D eigenvalue weighted by Gasteiger charge is -2.34. The third kappa shape index (κ3) is 20.1. The average molecular weight is 1200 g/mol. The summed E-state index contributed by atoms with van der Waals surface area (Å²) in [4.78, 5) is 57.8. The van der Waals surface area contributed by atoms with E-state index in [9.17, 15) is 53.6 Å². The van der Waals surface area contributed by atoms with Crippen LogP contribution in [0.3, 0.4) is 0 Å². The zero-order chi connectivity index (χ0) is 56.1. The molecule has 0 radical (unpaired) electrons. The highest BCUT2D eigenvalue weighted by atomic mass is 35.7. The number of amidine groups is 2. The van der Waals surface area contributed by atoms with Crippen LogP contribution >= 0.6 is 10.7 Å². The number of rotatable bonds is 15. The molecule has 2 aliphatic carbocycles. The van der Waals surface area contributed by atoms with Crippen LogP contribution in [-0.4, -0.2) is 120 Å². The summed E-state index contributed by atoms with van der Waals surface area (Å²) in [7, 11) is 0.731. The molecule has 0 bridgehead atoms. The monoisotopic (exact) mass is 1200 g/mol. The number of hydrogen-bond donors (Lipinski definition) is 3. The molecule has 8 rings (SSSR count). The van der Waals surface area contributed by atoms with Gasteiger partial charge < -0.3 is 25.4 Å². The summed E-state index contributed by atoms with van der Waals surface area (Å²) in [5.74, 6) is 1.31. The summed E-state index contributed by atoms with van der Waals surface area (Å²) in [5, 5.41) is 9.21. The summed E-state index contributed by atoms with van der Waals surface area (Å²) in [6.45, 7) is 5.75. The molecular weight excluding hydrogens is 1120 g/mol. The molecule has 0 atom stereocenters. The number of esters is 2. The highest BCUT2D eigenvalue weighted by Crippen LogP contribution is 2.38. The molecule has 2 aromatic carbocycles. The van der Waals surface area contributed by atoms with Crippen molar-refractivity contribution in [3.05, 3.63) is 94.1 Å². The fraction of sp³-hybridized carbons (Fsp3) is 0.621. The third-order valence-corrected chi connectivity index (χ3v) is 18.8. The number of sulfonamides is 1. The molecule has 456 valence electrons. The van der Waals surface area contributed by atoms with Gasteiger partial charge in [-0.25, -0.2) is 30.7 Å². The molecule has 23 heteroatoms. The first kappa shape index (κ1) is 72.1. The zero-order valence-electron chi connectivity index (χ0n) is 44.1. The summed E-state index contributed by atoms with van der Waals surface area (Å²) in [5.41, 5.74) is 2.75. The number of amides is 2. The van der Waals surface area contributed by atoms with E-state index in [1.54, 1.807) is 36.4 Å². The molecule has 4 fully saturated rings. The lowest BCUT2D eigenvalue weighted by atomic mass is 9.80. The number of hydrogen-bond acceptors (Lipinski definition) is 13. The smallest absolute Gasteiger partial charge is 0.337 e. The van der Waals surface area contributed by atoms with Crippen LogP contribution in [0.15, 0.2) is 70.7 Å². The minimum Gasteiger partial charge on any atom is -0.465 e. The van der Waals surface area contributed by atoms with Crippen molar-refractivity contribution >= 4 is 65.2 Å². The van der Waals surface area contributed by atoms with E-state index < -0.39 is 54.3 Å². The summed E-state index contributed by atoms with van der Waals surface area (Å²) < 4.78 is 108. The van der Waals surface area contributed by atoms with Gasteiger partial charge in [0.2, 0.25) is 19.1 Å². The fourth-order valence-corrected chi connectivity index (χ4v) is 13.2. The molecule has 4 aliphatic heterocycles. The highest BCUT2D eigenvalue weighted by molar-refractivity contribution is 8.13. The molecule has 2 spiro atoms. The number of ether oxygens (including phenoxy) is 2. The number of carbonyl (C=O) groups excluding carboxylic acids is 4. The van der Waals surface area contributed by atoms with Gasteiger partial charge >= 0.3 is 11.9 Å². The van der Waals surface area contributed by atoms with Crippen molar-refractivity contribution in [2.24, 2.45) is 33.7 Å². The van der Waals surface area contributed by atoms with E-state index in [-0.39, 0.29) is 83.9 Å². The third-order valence-electron chi connectivity index (χ3n) is 15.8. The van der Waals surface area contributed by atoms with Crippen LogP contribution in [-0.2, 0) is 51.0 Å². The molecule has 0 unspecified atom stereocenters. The molecule has 81 heavy (non-hydrogen) atoms. The number of piperidine rings is 2. The first-order valence-electron chi connectivity index (χ1n) is 26.3. The molecule has 4 heterocycles. The standard InChI is InChI=1S/C27H35F2N3O5S.C16H23F2N3O.C11H13ClO4S.4CH4/c1-18-17-22(25(33)37-2)9-8-20(18)11-16-38(35,36)32-14-12-27(13-15-32)26(34)30-24(31-27)21-6-3-19(4-7-21)5-10-23(28)29;17-13(18)6-3-11-1-4-12(5-2-11)14-20-15(22)16(21-14)7-9-19-10-8-16;1-8-7-10(11(13)16-2)4-3-9(8)5-6-17(12,14)15;;;;/h8-10,17,19,21H,3-7,11-16H2,1-2H3,(H,30,31,34);6,11-12,19H,1-5,7-10H2,(H,20,21,22);3-4,7H,5-6H2,1-2H3;4*1H4. The van der Waals surface area contributed by atoms with Crippen LogP contribution in [0.1, 0.15) is 163 Å². The number of nitrogens with zero attached hydrogens (tertiary/aromatic N) is 3. The van der Waals surface area contributed by atoms with E-state index in [2.05, 4.69) is 20.7 Å². The highest BCUT2D eigenvalue weighted by Gasteiger charge is 2.49. The lowest BCUT2D eigenvalue weighted by molar-refractivity contribution is -0.125. The maximum Gasteiger partial charge on any atom is 0.337 e. The van der Waals surface area contributed by atoms with Crippen LogP contribution in [0.2, 0.25) is 0 Å². The minimum atomic E-state index is -3.54. The Bertz CT molecular complexity index is 2810. The van der Waals surface area contributed by atoms with Crippen molar-refractivity contribution in [3.63, 3.8) is 0 Å². The van der Waals surface area contributed by atoms with Gasteiger partial charge in [-0.1, -0.05) is 41.8 Å². The van der Waals surface area contributed by atoms with Gasteiger partial charge in [0.25, 0.3) is 24.0 Å². The van der Waals surface area contributed by atoms with E-state index in [1.807, 2.05) is 13.8 Å². The van der Waals surface area contributed by atoms with Gasteiger partial charge in [0.05, 0.1) is 36.9 Å². The Hall–Kier alpha value is -5.03. The van der Waals surface area contributed by atoms with Gasteiger partial charge in [-0.05, 0) is 200 Å². The van der Waals surface area contributed by atoms with Crippen LogP contribution in [0.5, 0.6) is 0 Å². The number of allylic oxidation sites excluding steroid dienone is 2. The van der Waals surface area contributed by atoms with Crippen molar-refractivity contribution < 1.29 is 63.0 Å². The predicted octanol–water partition coefficient (Wildman–Crippen LogP) is 11.0. The van der Waals surface area contributed by atoms with E-state index in [0.29, 0.717) is 61.4 Å². The summed E-state index contributed by atoms with van der Waals surface area (Å²) >= 11 is 0. The normalized spacial score (nSPS) is 21.8. The lowest BCUT2D eigenvalue weighted by Crippen LogP contribution is -2.51. The van der Waals surface area contributed by atoms with Crippen molar-refractivity contribution in [2.75, 3.05) is 51.9 Å². The Labute approximate surface area is 483 Å². The summed E-state index contributed by atoms with van der Waals surface area (Å²) in [6, 6.07) is 10.1. The van der Waals surface area contributed by atoms with Crippen LogP contribution in [0, 0.1) is 37.5 Å². The van der Waals surface area contributed by atoms with Crippen LogP contribution in [0.4, 0.5) is 17.6 Å². The molecule has 6 aliphatic rings. The maximum absolute atomic E-state index is 13.1. The number of benzene rings is 2. The van der Waals surface area contributed by atoms with Crippen LogP contribution in [0.25, 0.3) is 0 Å². The first-order chi connectivity index (χ1) is 36.4. The topological polar surface area (TPSA) is 219 Å². The second-order valence-electron chi connectivity index (χ2n) is 20.8. The predicted molar refractivity (Wildman–Crippen MR) is 313 cm³/mol. The van der Waals surface area contributed by atoms with Gasteiger partial charge in [0.1, 0.15) is 22.7 Å². The van der Waals surface area contributed by atoms with Gasteiger partial charge in [-0.2, -0.15) is 17.6 Å². The van der Waals surface area contributed by atoms with Gasteiger partial charge in [-0.15, -0.1) is 0 Å². The number of nitrogens with one attached hydrogen (secondary N) is 3. The Kier molecular flexibility index (Phi) is 28.6. The van der Waals surface area contributed by atoms with Crippen LogP contribution < -0.4 is 16.0 Å². The van der Waals surface area contributed by atoms with E-state index in [0.717, 1.165) is 118 Å². The number of aryl methyl sites for hydroxylation is 4. The van der Waals surface area contributed by atoms with Crippen molar-refractivity contribution in [1.82, 2.24) is 20.3 Å². The van der Waals surface area contributed by atoms with E-state index >= 15 is 0 Å². The van der Waals surface area contributed by atoms with E-state index in [1.165, 1.54) is 18.5 Å². The van der Waals surface area contributed by atoms with Crippen molar-refractivity contribution in [1.29, 1.82) is 0 Å². The van der Waals surface area contributed by atoms with Gasteiger partial charge in [-0.3, -0.25) is 19.6 Å². The largest absolute Gasteiger partial charge is 0.465 e. The van der Waals surface area contributed by atoms with Gasteiger partial charge in [0.15, 0.2) is 0 Å². The van der Waals surface area contributed by atoms with Gasteiger partial charge in [0, 0.05) is 35.6 Å². The quantitative estimate of drug-likeness (QED) is 0.0865. The Morgan fingerprint density at radius 2 is 1.02 bits per heavy atom. The molecule has 3 N–H and O–H groups in total. The second kappa shape index (κ2) is 32.1. The molecular formula is C58H87ClF4N6O10S2. The number of carbonyl (C=O) groups is 4. The van der Waals surface area contributed by atoms with Crippen molar-refractivity contribution in [2.45, 2.75) is 157 Å². The Balaban J connectivity index is 0.000000444. The molecule has 2 amide bonds. The SMILES string of the molecule is C.C.C.C.COC(=O)c1ccc(CCS(=O)(=O)Cl)c(C)c1.COC(=O)c1ccc(CCS(=O)(=O)N2CCC3(CC2)N=C(C2CCC(CC=C(F)F)CC2)NC3=O)c(C)c1.O=C1NC(C2CCC(CC=C(F)F)CC2)=NC12CCNCC2. The average Bonchev–Trinajstić information content (AvgIpc) is 3.96. The molecule has 2 saturated heterocycles. The number of aliphatic imine (C=N–C) groups is 2.